The number of hydrogen-bond donors (Lipinski definition) is 0. The lowest BCUT2D eigenvalue weighted by molar-refractivity contribution is -0.219. The SMILES string of the molecule is CC(=O)OCC(SC(C)=O)C1OC2OC(C)(C)OC2C1OC(C)=O. The third kappa shape index (κ3) is 4.69. The van der Waals surface area contributed by atoms with Crippen LogP contribution >= 0.6 is 11.8 Å². The van der Waals surface area contributed by atoms with Crippen LogP contribution in [-0.2, 0) is 38.1 Å². The Bertz CT molecular complexity index is 520. The van der Waals surface area contributed by atoms with Gasteiger partial charge in [0.2, 0.25) is 0 Å². The van der Waals surface area contributed by atoms with Crippen molar-refractivity contribution in [2.75, 3.05) is 6.61 Å². The zero-order chi connectivity index (χ0) is 18.1. The maximum absolute atomic E-state index is 11.5. The summed E-state index contributed by atoms with van der Waals surface area (Å²) in [5.41, 5.74) is 0. The number of thioether (sulfide) groups is 1. The topological polar surface area (TPSA) is 97.4 Å². The molecule has 0 amide bonds. The van der Waals surface area contributed by atoms with Crippen molar-refractivity contribution in [1.29, 1.82) is 0 Å². The second kappa shape index (κ2) is 7.38. The first-order chi connectivity index (χ1) is 11.1. The van der Waals surface area contributed by atoms with Crippen LogP contribution in [0.2, 0.25) is 0 Å². The van der Waals surface area contributed by atoms with Gasteiger partial charge in [-0.1, -0.05) is 11.8 Å². The number of hydrogen-bond acceptors (Lipinski definition) is 9. The van der Waals surface area contributed by atoms with Crippen molar-refractivity contribution < 1.29 is 38.1 Å². The van der Waals surface area contributed by atoms with Crippen molar-refractivity contribution in [1.82, 2.24) is 0 Å². The van der Waals surface area contributed by atoms with Crippen molar-refractivity contribution in [2.45, 2.75) is 70.3 Å². The number of carbonyl (C=O) groups is 3. The van der Waals surface area contributed by atoms with Gasteiger partial charge < -0.3 is 23.7 Å². The third-order valence-corrected chi connectivity index (χ3v) is 4.50. The number of carbonyl (C=O) groups excluding carboxylic acids is 3. The lowest BCUT2D eigenvalue weighted by atomic mass is 10.1. The predicted molar refractivity (Wildman–Crippen MR) is 82.9 cm³/mol. The molecule has 0 radical (unpaired) electrons. The minimum Gasteiger partial charge on any atom is -0.465 e. The number of esters is 2. The molecule has 0 aliphatic carbocycles. The first-order valence-corrected chi connectivity index (χ1v) is 8.46. The maximum atomic E-state index is 11.5. The lowest BCUT2D eigenvalue weighted by Crippen LogP contribution is -2.44. The third-order valence-electron chi connectivity index (χ3n) is 3.46. The normalized spacial score (nSPS) is 32.0. The molecule has 8 nitrogen and oxygen atoms in total. The van der Waals surface area contributed by atoms with Gasteiger partial charge in [-0.25, -0.2) is 0 Å². The molecule has 2 aliphatic rings. The molecular formula is C15H22O8S. The summed E-state index contributed by atoms with van der Waals surface area (Å²) in [6.07, 6.45) is -2.79. The van der Waals surface area contributed by atoms with Gasteiger partial charge in [-0.2, -0.15) is 0 Å². The van der Waals surface area contributed by atoms with Crippen molar-refractivity contribution in [2.24, 2.45) is 0 Å². The minimum atomic E-state index is -0.863. The fourth-order valence-electron chi connectivity index (χ4n) is 2.74. The van der Waals surface area contributed by atoms with E-state index in [0.717, 1.165) is 11.8 Å². The molecule has 5 atom stereocenters. The summed E-state index contributed by atoms with van der Waals surface area (Å²) in [5, 5.41) is -0.715. The van der Waals surface area contributed by atoms with Crippen molar-refractivity contribution >= 4 is 28.8 Å². The Morgan fingerprint density at radius 1 is 1.12 bits per heavy atom. The van der Waals surface area contributed by atoms with E-state index < -0.39 is 47.6 Å². The van der Waals surface area contributed by atoms with Gasteiger partial charge in [0.05, 0.1) is 5.25 Å². The first kappa shape index (κ1) is 19.2. The van der Waals surface area contributed by atoms with E-state index >= 15 is 0 Å². The second-order valence-corrected chi connectivity index (χ2v) is 7.51. The summed E-state index contributed by atoms with van der Waals surface area (Å²) in [7, 11) is 0. The van der Waals surface area contributed by atoms with E-state index in [1.54, 1.807) is 13.8 Å². The molecule has 2 aliphatic heterocycles. The molecule has 0 N–H and O–H groups in total. The second-order valence-electron chi connectivity index (χ2n) is 6.09. The van der Waals surface area contributed by atoms with Crippen LogP contribution in [0.1, 0.15) is 34.6 Å². The molecule has 2 fully saturated rings. The number of rotatable bonds is 5. The molecule has 136 valence electrons. The van der Waals surface area contributed by atoms with Gasteiger partial charge >= 0.3 is 11.9 Å². The molecule has 2 rings (SSSR count). The molecule has 9 heteroatoms. The average Bonchev–Trinajstić information content (AvgIpc) is 2.87. The Hall–Kier alpha value is -1.16. The van der Waals surface area contributed by atoms with Crippen molar-refractivity contribution in [3.8, 4) is 0 Å². The van der Waals surface area contributed by atoms with Crippen LogP contribution in [-0.4, -0.2) is 59.3 Å². The van der Waals surface area contributed by atoms with Gasteiger partial charge in [0, 0.05) is 20.8 Å². The molecule has 2 saturated heterocycles. The van der Waals surface area contributed by atoms with E-state index in [4.69, 9.17) is 23.7 Å². The van der Waals surface area contributed by atoms with E-state index in [-0.39, 0.29) is 11.7 Å². The Morgan fingerprint density at radius 2 is 1.79 bits per heavy atom. The highest BCUT2D eigenvalue weighted by atomic mass is 32.2. The molecule has 0 aromatic heterocycles. The molecule has 0 aromatic carbocycles. The van der Waals surface area contributed by atoms with E-state index in [1.807, 2.05) is 0 Å². The standard InChI is InChI=1S/C15H22O8S/c1-7(16)19-6-10(24-9(3)18)11-12(20-8(2)17)13-14(21-11)23-15(4,5)22-13/h10-14H,6H2,1-5H3. The van der Waals surface area contributed by atoms with Crippen molar-refractivity contribution in [3.63, 3.8) is 0 Å². The van der Waals surface area contributed by atoms with Crippen LogP contribution in [0.25, 0.3) is 0 Å². The summed E-state index contributed by atoms with van der Waals surface area (Å²) in [6.45, 7) is 7.37. The fraction of sp³-hybridized carbons (Fsp3) is 0.800. The largest absolute Gasteiger partial charge is 0.465 e. The van der Waals surface area contributed by atoms with Crippen LogP contribution in [0.4, 0.5) is 0 Å². The van der Waals surface area contributed by atoms with Crippen LogP contribution in [0.3, 0.4) is 0 Å². The van der Waals surface area contributed by atoms with E-state index in [1.165, 1.54) is 20.8 Å². The van der Waals surface area contributed by atoms with Crippen molar-refractivity contribution in [3.05, 3.63) is 0 Å². The van der Waals surface area contributed by atoms with Gasteiger partial charge in [-0.15, -0.1) is 0 Å². The summed E-state index contributed by atoms with van der Waals surface area (Å²) in [5.74, 6) is -1.83. The zero-order valence-corrected chi connectivity index (χ0v) is 15.1. The number of fused-ring (bicyclic) bond motifs is 1. The molecule has 2 heterocycles. The van der Waals surface area contributed by atoms with E-state index in [0.29, 0.717) is 0 Å². The highest BCUT2D eigenvalue weighted by Gasteiger charge is 2.58. The Labute approximate surface area is 144 Å². The summed E-state index contributed by atoms with van der Waals surface area (Å²) in [4.78, 5) is 34.1. The van der Waals surface area contributed by atoms with E-state index in [9.17, 15) is 14.4 Å². The summed E-state index contributed by atoms with van der Waals surface area (Å²) < 4.78 is 27.7. The van der Waals surface area contributed by atoms with Gasteiger partial charge in [0.15, 0.2) is 29.4 Å². The molecule has 0 bridgehead atoms. The fourth-order valence-corrected chi connectivity index (χ4v) is 3.65. The predicted octanol–water partition coefficient (Wildman–Crippen LogP) is 1.01. The minimum absolute atomic E-state index is 0.0507. The molecule has 0 saturated carbocycles. The number of ether oxygens (including phenoxy) is 5. The first-order valence-electron chi connectivity index (χ1n) is 7.58. The monoisotopic (exact) mass is 362 g/mol. The zero-order valence-electron chi connectivity index (χ0n) is 14.3. The molecule has 5 unspecified atom stereocenters. The lowest BCUT2D eigenvalue weighted by Gasteiger charge is -2.29. The van der Waals surface area contributed by atoms with Gasteiger partial charge in [0.25, 0.3) is 0 Å². The highest BCUT2D eigenvalue weighted by Crippen LogP contribution is 2.41. The highest BCUT2D eigenvalue weighted by molar-refractivity contribution is 8.14. The van der Waals surface area contributed by atoms with Crippen LogP contribution in [0.5, 0.6) is 0 Å². The molecule has 24 heavy (non-hydrogen) atoms. The van der Waals surface area contributed by atoms with Gasteiger partial charge in [-0.3, -0.25) is 14.4 Å². The molecule has 0 aromatic rings. The maximum Gasteiger partial charge on any atom is 0.303 e. The smallest absolute Gasteiger partial charge is 0.303 e. The summed E-state index contributed by atoms with van der Waals surface area (Å²) >= 11 is 0.965. The van der Waals surface area contributed by atoms with Crippen LogP contribution < -0.4 is 0 Å². The molecule has 0 spiro atoms. The average molecular weight is 362 g/mol. The van der Waals surface area contributed by atoms with Gasteiger partial charge in [0.1, 0.15) is 12.7 Å². The van der Waals surface area contributed by atoms with Gasteiger partial charge in [-0.05, 0) is 13.8 Å². The van der Waals surface area contributed by atoms with Crippen LogP contribution in [0.15, 0.2) is 0 Å². The molecular weight excluding hydrogens is 340 g/mol. The summed E-state index contributed by atoms with van der Waals surface area (Å²) in [6, 6.07) is 0. The quantitative estimate of drug-likeness (QED) is 0.664. The Balaban J connectivity index is 2.19. The van der Waals surface area contributed by atoms with Crippen LogP contribution in [0, 0.1) is 0 Å². The Morgan fingerprint density at radius 3 is 2.33 bits per heavy atom. The van der Waals surface area contributed by atoms with E-state index in [2.05, 4.69) is 0 Å². The Kier molecular flexibility index (Phi) is 5.90.